The molecule has 0 saturated heterocycles. The topological polar surface area (TPSA) is 84.5 Å². The molecule has 0 heterocycles. The van der Waals surface area contributed by atoms with Crippen LogP contribution < -0.4 is 10.4 Å². The molecule has 0 aliphatic carbocycles. The molecular weight excluding hydrogens is 525 g/mol. The van der Waals surface area contributed by atoms with Crippen LogP contribution in [0.5, 0.6) is 0 Å². The summed E-state index contributed by atoms with van der Waals surface area (Å²) in [5.74, 6) is 0. The summed E-state index contributed by atoms with van der Waals surface area (Å²) in [6.07, 6.45) is 0. The van der Waals surface area contributed by atoms with Crippen molar-refractivity contribution in [2.24, 2.45) is 0 Å². The Labute approximate surface area is 214 Å². The third-order valence-corrected chi connectivity index (χ3v) is 25.3. The second-order valence-corrected chi connectivity index (χ2v) is 37.1. The molecule has 0 aliphatic rings. The minimum Gasteiger partial charge on any atom is -0.437 e. The lowest BCUT2D eigenvalue weighted by Gasteiger charge is -2.41. The molecule has 1 aromatic rings. The average molecular weight is 569 g/mol. The number of nitrogens with zero attached hydrogens (tertiary/aromatic N) is 2. The minimum absolute atomic E-state index is 0.385. The van der Waals surface area contributed by atoms with E-state index in [4.69, 9.17) is 16.5 Å². The van der Waals surface area contributed by atoms with E-state index < -0.39 is 50.4 Å². The van der Waals surface area contributed by atoms with Gasteiger partial charge in [-0.2, -0.15) is 10.5 Å². The Balaban J connectivity index is 3.67. The van der Waals surface area contributed by atoms with Crippen LogP contribution in [0, 0.1) is 22.7 Å². The third kappa shape index (κ3) is 9.42. The smallest absolute Gasteiger partial charge is 0.311 e. The summed E-state index contributed by atoms with van der Waals surface area (Å²) >= 11 is 0. The molecule has 1 aromatic carbocycles. The van der Waals surface area contributed by atoms with Crippen molar-refractivity contribution in [2.75, 3.05) is 0 Å². The highest BCUT2D eigenvalue weighted by molar-refractivity contribution is 7.00. The summed E-state index contributed by atoms with van der Waals surface area (Å²) in [7, 11) is -13.5. The lowest BCUT2D eigenvalue weighted by Crippen LogP contribution is -2.66. The van der Waals surface area contributed by atoms with Crippen molar-refractivity contribution < 1.29 is 16.5 Å². The summed E-state index contributed by atoms with van der Waals surface area (Å²) in [5, 5.41) is 21.6. The molecule has 0 spiro atoms. The first-order valence-electron chi connectivity index (χ1n) is 11.7. The Hall–Kier alpha value is -0.659. The van der Waals surface area contributed by atoms with Crippen LogP contribution in [0.4, 0.5) is 0 Å². The number of hydrogen-bond acceptors (Lipinski definition) is 6. The SMILES string of the molecule is C[Si](C)(C)O[Si](C)(C)O[Si](C)(C)c1cc(C#N)c(C#N)cc1[Si](C)(C)O[Si](C)(C)O[Si](C)(C)C. The van der Waals surface area contributed by atoms with Crippen molar-refractivity contribution in [3.05, 3.63) is 23.3 Å². The van der Waals surface area contributed by atoms with E-state index in [1.165, 1.54) is 0 Å². The average Bonchev–Trinajstić information content (AvgIpc) is 2.53. The van der Waals surface area contributed by atoms with Crippen LogP contribution in [-0.2, 0) is 16.5 Å². The van der Waals surface area contributed by atoms with E-state index in [1.54, 1.807) is 0 Å². The second kappa shape index (κ2) is 10.4. The first-order valence-corrected chi connectivity index (χ1v) is 30.0. The quantitative estimate of drug-likeness (QED) is 0.352. The van der Waals surface area contributed by atoms with Crippen molar-refractivity contribution in [1.82, 2.24) is 0 Å². The highest BCUT2D eigenvalue weighted by atomic mass is 28.5. The maximum absolute atomic E-state index is 9.77. The summed E-state index contributed by atoms with van der Waals surface area (Å²) in [6.45, 7) is 30.1. The molecule has 0 fully saturated rings. The second-order valence-electron chi connectivity index (χ2n) is 12.6. The minimum atomic E-state index is -2.54. The Bertz CT molecular complexity index is 904. The molecule has 34 heavy (non-hydrogen) atoms. The molecule has 0 N–H and O–H groups in total. The Morgan fingerprint density at radius 2 is 0.765 bits per heavy atom. The zero-order valence-corrected chi connectivity index (χ0v) is 29.7. The number of benzene rings is 1. The van der Waals surface area contributed by atoms with E-state index in [-0.39, 0.29) is 0 Å². The maximum Gasteiger partial charge on any atom is 0.311 e. The van der Waals surface area contributed by atoms with Gasteiger partial charge in [0.15, 0.2) is 16.6 Å². The summed E-state index contributed by atoms with van der Waals surface area (Å²) in [5.41, 5.74) is 0.770. The molecule has 0 atom stereocenters. The van der Waals surface area contributed by atoms with Crippen LogP contribution in [0.15, 0.2) is 12.1 Å². The standard InChI is InChI=1S/C22H44N2O4Si6/c1-29(2,3)25-33(11,12)27-31(7,8)21-15-19(17-23)20(18-24)16-22(21)32(9,10)28-34(13,14)26-30(4,5)6/h15-16H,1-14H3. The van der Waals surface area contributed by atoms with Gasteiger partial charge in [0.2, 0.25) is 16.6 Å². The fourth-order valence-electron chi connectivity index (χ4n) is 4.64. The summed E-state index contributed by atoms with van der Waals surface area (Å²) < 4.78 is 26.7. The fourth-order valence-corrected chi connectivity index (χ4v) is 32.5. The van der Waals surface area contributed by atoms with Gasteiger partial charge < -0.3 is 16.5 Å². The lowest BCUT2D eigenvalue weighted by molar-refractivity contribution is 0.395. The van der Waals surface area contributed by atoms with Gasteiger partial charge in [0, 0.05) is 0 Å². The van der Waals surface area contributed by atoms with E-state index in [2.05, 4.69) is 104 Å². The largest absolute Gasteiger partial charge is 0.437 e. The zero-order valence-electron chi connectivity index (χ0n) is 23.7. The van der Waals surface area contributed by atoms with Gasteiger partial charge in [0.25, 0.3) is 0 Å². The van der Waals surface area contributed by atoms with E-state index in [0.29, 0.717) is 11.1 Å². The van der Waals surface area contributed by atoms with Crippen molar-refractivity contribution >= 4 is 60.8 Å². The molecule has 0 bridgehead atoms. The first kappa shape index (κ1) is 31.4. The van der Waals surface area contributed by atoms with Gasteiger partial charge in [0.1, 0.15) is 12.1 Å². The van der Waals surface area contributed by atoms with Crippen LogP contribution >= 0.6 is 0 Å². The Kier molecular flexibility index (Phi) is 9.57. The highest BCUT2D eigenvalue weighted by Gasteiger charge is 2.45. The van der Waals surface area contributed by atoms with E-state index in [1.807, 2.05) is 12.1 Å². The normalized spacial score (nSPS) is 14.0. The predicted octanol–water partition coefficient (Wildman–Crippen LogP) is 5.39. The van der Waals surface area contributed by atoms with Crippen LogP contribution in [0.2, 0.25) is 91.7 Å². The highest BCUT2D eigenvalue weighted by Crippen LogP contribution is 2.24. The monoisotopic (exact) mass is 568 g/mol. The van der Waals surface area contributed by atoms with Gasteiger partial charge in [-0.05, 0) is 114 Å². The van der Waals surface area contributed by atoms with Crippen molar-refractivity contribution in [3.63, 3.8) is 0 Å². The number of rotatable bonds is 10. The van der Waals surface area contributed by atoms with Crippen molar-refractivity contribution in [2.45, 2.75) is 91.7 Å². The summed E-state index contributed by atoms with van der Waals surface area (Å²) in [6, 6.07) is 8.19. The molecule has 0 saturated carbocycles. The van der Waals surface area contributed by atoms with Crippen LogP contribution in [0.25, 0.3) is 0 Å². The Morgan fingerprint density at radius 1 is 0.500 bits per heavy atom. The van der Waals surface area contributed by atoms with Gasteiger partial charge in [-0.25, -0.2) is 0 Å². The van der Waals surface area contributed by atoms with Gasteiger partial charge >= 0.3 is 17.1 Å². The maximum atomic E-state index is 9.77. The molecule has 190 valence electrons. The Morgan fingerprint density at radius 3 is 0.971 bits per heavy atom. The van der Waals surface area contributed by atoms with Crippen molar-refractivity contribution in [1.29, 1.82) is 10.5 Å². The predicted molar refractivity (Wildman–Crippen MR) is 156 cm³/mol. The molecule has 1 rings (SSSR count). The van der Waals surface area contributed by atoms with Gasteiger partial charge in [-0.3, -0.25) is 0 Å². The summed E-state index contributed by atoms with van der Waals surface area (Å²) in [4.78, 5) is 0. The molecular formula is C22H44N2O4Si6. The lowest BCUT2D eigenvalue weighted by atomic mass is 10.1. The molecule has 0 radical (unpaired) electrons. The van der Waals surface area contributed by atoms with E-state index in [9.17, 15) is 10.5 Å². The van der Waals surface area contributed by atoms with Gasteiger partial charge in [-0.1, -0.05) is 0 Å². The van der Waals surface area contributed by atoms with Crippen LogP contribution in [0.3, 0.4) is 0 Å². The fraction of sp³-hybridized carbons (Fsp3) is 0.636. The third-order valence-electron chi connectivity index (χ3n) is 4.80. The van der Waals surface area contributed by atoms with Gasteiger partial charge in [0.05, 0.1) is 11.1 Å². The molecule has 6 nitrogen and oxygen atoms in total. The van der Waals surface area contributed by atoms with Gasteiger partial charge in [-0.15, -0.1) is 0 Å². The molecule has 12 heteroatoms. The van der Waals surface area contributed by atoms with E-state index >= 15 is 0 Å². The van der Waals surface area contributed by atoms with Crippen LogP contribution in [0.1, 0.15) is 11.1 Å². The van der Waals surface area contributed by atoms with E-state index in [0.717, 1.165) is 10.4 Å². The zero-order chi connectivity index (χ0) is 27.0. The van der Waals surface area contributed by atoms with Crippen molar-refractivity contribution in [3.8, 4) is 12.1 Å². The molecule has 0 aromatic heterocycles. The molecule has 0 aliphatic heterocycles. The number of hydrogen-bond donors (Lipinski definition) is 0. The molecule has 0 amide bonds. The van der Waals surface area contributed by atoms with Crippen LogP contribution in [-0.4, -0.2) is 50.4 Å². The first-order chi connectivity index (χ1) is 14.9. The molecule has 0 unspecified atom stereocenters. The number of nitriles is 2.